The van der Waals surface area contributed by atoms with Crippen molar-refractivity contribution < 1.29 is 13.6 Å². The van der Waals surface area contributed by atoms with Gasteiger partial charge in [0.25, 0.3) is 5.91 Å². The van der Waals surface area contributed by atoms with Crippen LogP contribution in [0.1, 0.15) is 10.4 Å². The fourth-order valence-corrected chi connectivity index (χ4v) is 1.82. The van der Waals surface area contributed by atoms with E-state index >= 15 is 0 Å². The molecule has 2 nitrogen and oxygen atoms in total. The molecule has 0 aromatic heterocycles. The summed E-state index contributed by atoms with van der Waals surface area (Å²) in [5, 5.41) is 0. The molecule has 0 aliphatic rings. The average Bonchev–Trinajstić information content (AvgIpc) is 2.16. The van der Waals surface area contributed by atoms with Gasteiger partial charge in [0.1, 0.15) is 17.2 Å². The van der Waals surface area contributed by atoms with Gasteiger partial charge in [-0.25, -0.2) is 8.78 Å². The summed E-state index contributed by atoms with van der Waals surface area (Å²) >= 11 is 8.38. The molecule has 1 rings (SSSR count). The van der Waals surface area contributed by atoms with Crippen LogP contribution in [0, 0.1) is 11.6 Å². The van der Waals surface area contributed by atoms with Crippen molar-refractivity contribution >= 4 is 33.4 Å². The van der Waals surface area contributed by atoms with Gasteiger partial charge in [-0.1, -0.05) is 15.9 Å². The fourth-order valence-electron chi connectivity index (χ4n) is 1.17. The van der Waals surface area contributed by atoms with E-state index in [1.165, 1.54) is 11.9 Å². The van der Waals surface area contributed by atoms with Crippen molar-refractivity contribution in [2.75, 3.05) is 19.5 Å². The number of hydrogen-bond acceptors (Lipinski definition) is 1. The van der Waals surface area contributed by atoms with Crippen LogP contribution in [0.2, 0.25) is 0 Å². The summed E-state index contributed by atoms with van der Waals surface area (Å²) in [5.74, 6) is -2.29. The number of amides is 1. The molecule has 0 fully saturated rings. The van der Waals surface area contributed by atoms with Crippen molar-refractivity contribution in [2.24, 2.45) is 0 Å². The average molecular weight is 313 g/mol. The normalized spacial score (nSPS) is 10.3. The third-order valence-electron chi connectivity index (χ3n) is 1.99. The second kappa shape index (κ2) is 5.59. The van der Waals surface area contributed by atoms with Gasteiger partial charge in [0.05, 0.1) is 0 Å². The minimum Gasteiger partial charge on any atom is -0.340 e. The molecule has 0 unspecified atom stereocenters. The van der Waals surface area contributed by atoms with Crippen LogP contribution in [0.25, 0.3) is 0 Å². The Morgan fingerprint density at radius 3 is 2.38 bits per heavy atom. The van der Waals surface area contributed by atoms with E-state index in [1.807, 2.05) is 0 Å². The molecule has 0 N–H and O–H groups in total. The minimum atomic E-state index is -0.890. The first-order valence-electron chi connectivity index (χ1n) is 4.43. The van der Waals surface area contributed by atoms with Crippen molar-refractivity contribution in [1.29, 1.82) is 0 Å². The summed E-state index contributed by atoms with van der Waals surface area (Å²) in [7, 11) is 1.44. The van der Waals surface area contributed by atoms with Crippen LogP contribution in [0.5, 0.6) is 0 Å². The Balaban J connectivity index is 3.08. The molecule has 0 spiro atoms. The lowest BCUT2D eigenvalue weighted by atomic mass is 10.1. The molecule has 0 atom stereocenters. The van der Waals surface area contributed by atoms with E-state index in [2.05, 4.69) is 15.9 Å². The Morgan fingerprint density at radius 2 is 1.94 bits per heavy atom. The van der Waals surface area contributed by atoms with Crippen LogP contribution in [0.15, 0.2) is 16.6 Å². The lowest BCUT2D eigenvalue weighted by Crippen LogP contribution is -2.30. The number of benzene rings is 1. The molecule has 0 aliphatic carbocycles. The highest BCUT2D eigenvalue weighted by Gasteiger charge is 2.21. The van der Waals surface area contributed by atoms with Crippen LogP contribution >= 0.6 is 27.5 Å². The number of carbonyl (C=O) groups is 1. The largest absolute Gasteiger partial charge is 0.340 e. The van der Waals surface area contributed by atoms with E-state index in [9.17, 15) is 13.6 Å². The summed E-state index contributed by atoms with van der Waals surface area (Å²) in [6, 6.07) is 2.09. The highest BCUT2D eigenvalue weighted by molar-refractivity contribution is 9.10. The van der Waals surface area contributed by atoms with Crippen LogP contribution in [0.3, 0.4) is 0 Å². The maximum atomic E-state index is 13.4. The lowest BCUT2D eigenvalue weighted by Gasteiger charge is -2.16. The molecular formula is C10H9BrClF2NO. The quantitative estimate of drug-likeness (QED) is 0.786. The molecule has 0 radical (unpaired) electrons. The number of nitrogens with zero attached hydrogens (tertiary/aromatic N) is 1. The van der Waals surface area contributed by atoms with Crippen molar-refractivity contribution in [3.8, 4) is 0 Å². The molecule has 0 saturated carbocycles. The molecule has 0 aliphatic heterocycles. The first kappa shape index (κ1) is 13.4. The van der Waals surface area contributed by atoms with E-state index in [-0.39, 0.29) is 16.9 Å². The Bertz CT molecular complexity index is 391. The standard InChI is InChI=1S/C10H9BrClF2NO/c1-15(3-2-12)10(16)9-7(13)4-6(11)5-8(9)14/h4-5H,2-3H2,1H3. The summed E-state index contributed by atoms with van der Waals surface area (Å²) in [6.07, 6.45) is 0. The van der Waals surface area contributed by atoms with Gasteiger partial charge in [0.2, 0.25) is 0 Å². The maximum Gasteiger partial charge on any atom is 0.259 e. The van der Waals surface area contributed by atoms with Gasteiger partial charge >= 0.3 is 0 Å². The van der Waals surface area contributed by atoms with E-state index < -0.39 is 23.1 Å². The molecule has 1 amide bonds. The van der Waals surface area contributed by atoms with Gasteiger partial charge in [-0.05, 0) is 12.1 Å². The molecular weight excluding hydrogens is 303 g/mol. The van der Waals surface area contributed by atoms with Crippen molar-refractivity contribution in [2.45, 2.75) is 0 Å². The summed E-state index contributed by atoms with van der Waals surface area (Å²) < 4.78 is 27.1. The van der Waals surface area contributed by atoms with Gasteiger partial charge in [-0.3, -0.25) is 4.79 Å². The topological polar surface area (TPSA) is 20.3 Å². The zero-order valence-electron chi connectivity index (χ0n) is 8.44. The number of carbonyl (C=O) groups excluding carboxylic acids is 1. The van der Waals surface area contributed by atoms with E-state index in [0.717, 1.165) is 12.1 Å². The fraction of sp³-hybridized carbons (Fsp3) is 0.300. The molecule has 1 aromatic carbocycles. The smallest absolute Gasteiger partial charge is 0.259 e. The summed E-state index contributed by atoms with van der Waals surface area (Å²) in [5.41, 5.74) is -0.559. The molecule has 1 aromatic rings. The summed E-state index contributed by atoms with van der Waals surface area (Å²) in [4.78, 5) is 12.8. The highest BCUT2D eigenvalue weighted by Crippen LogP contribution is 2.20. The van der Waals surface area contributed by atoms with Crippen LogP contribution in [-0.4, -0.2) is 30.3 Å². The first-order valence-corrected chi connectivity index (χ1v) is 5.76. The Kier molecular flexibility index (Phi) is 4.68. The number of halogens is 4. The van der Waals surface area contributed by atoms with E-state index in [1.54, 1.807) is 0 Å². The predicted octanol–water partition coefficient (Wildman–Crippen LogP) is 3.04. The molecule has 0 bridgehead atoms. The predicted molar refractivity (Wildman–Crippen MR) is 61.7 cm³/mol. The number of rotatable bonds is 3. The van der Waals surface area contributed by atoms with E-state index in [0.29, 0.717) is 0 Å². The molecule has 16 heavy (non-hydrogen) atoms. The van der Waals surface area contributed by atoms with Crippen LogP contribution < -0.4 is 0 Å². The third-order valence-corrected chi connectivity index (χ3v) is 2.61. The van der Waals surface area contributed by atoms with Crippen LogP contribution in [-0.2, 0) is 0 Å². The van der Waals surface area contributed by atoms with Crippen LogP contribution in [0.4, 0.5) is 8.78 Å². The summed E-state index contributed by atoms with van der Waals surface area (Å²) in [6.45, 7) is 0.231. The lowest BCUT2D eigenvalue weighted by molar-refractivity contribution is 0.0793. The Labute approximate surface area is 105 Å². The molecule has 88 valence electrons. The van der Waals surface area contributed by atoms with Gasteiger partial charge in [-0.15, -0.1) is 11.6 Å². The monoisotopic (exact) mass is 311 g/mol. The minimum absolute atomic E-state index is 0.210. The van der Waals surface area contributed by atoms with Gasteiger partial charge in [0, 0.05) is 23.9 Å². The van der Waals surface area contributed by atoms with Gasteiger partial charge < -0.3 is 4.90 Å². The Hall–Kier alpha value is -0.680. The van der Waals surface area contributed by atoms with Crippen molar-refractivity contribution in [3.05, 3.63) is 33.8 Å². The zero-order valence-corrected chi connectivity index (χ0v) is 10.8. The van der Waals surface area contributed by atoms with Gasteiger partial charge in [-0.2, -0.15) is 0 Å². The molecule has 0 saturated heterocycles. The second-order valence-electron chi connectivity index (χ2n) is 3.16. The third kappa shape index (κ3) is 2.92. The highest BCUT2D eigenvalue weighted by atomic mass is 79.9. The number of hydrogen-bond donors (Lipinski definition) is 0. The Morgan fingerprint density at radius 1 is 1.44 bits per heavy atom. The molecule has 0 heterocycles. The SMILES string of the molecule is CN(CCCl)C(=O)c1c(F)cc(Br)cc1F. The molecule has 6 heteroatoms. The maximum absolute atomic E-state index is 13.4. The van der Waals surface area contributed by atoms with Crippen molar-refractivity contribution in [3.63, 3.8) is 0 Å². The van der Waals surface area contributed by atoms with E-state index in [4.69, 9.17) is 11.6 Å². The zero-order chi connectivity index (χ0) is 12.3. The van der Waals surface area contributed by atoms with Crippen molar-refractivity contribution in [1.82, 2.24) is 4.90 Å². The second-order valence-corrected chi connectivity index (χ2v) is 4.45. The number of alkyl halides is 1. The van der Waals surface area contributed by atoms with Gasteiger partial charge in [0.15, 0.2) is 0 Å². The first-order chi connectivity index (χ1) is 7.47.